The molecule has 0 aliphatic carbocycles. The highest BCUT2D eigenvalue weighted by atomic mass is 16.3. The molecule has 62 heavy (non-hydrogen) atoms. The number of imidazole rings is 1. The van der Waals surface area contributed by atoms with Gasteiger partial charge in [0.15, 0.2) is 0 Å². The lowest BCUT2D eigenvalue weighted by molar-refractivity contribution is 0.446. The van der Waals surface area contributed by atoms with E-state index in [-0.39, 0.29) is 22.4 Å². The fourth-order valence-corrected chi connectivity index (χ4v) is 7.78. The van der Waals surface area contributed by atoms with E-state index in [0.717, 1.165) is 39.1 Å². The largest absolute Gasteiger partial charge is 0.507 e. The summed E-state index contributed by atoms with van der Waals surface area (Å²) in [7, 11) is 0. The molecule has 2 aromatic heterocycles. The fourth-order valence-electron chi connectivity index (χ4n) is 7.78. The van der Waals surface area contributed by atoms with Crippen molar-refractivity contribution in [3.63, 3.8) is 0 Å². The standard InChI is InChI=1S/C58H61N3O/c1-36(2)41-27-42(38-17-14-13-15-18-38)32-47(31-41)61-52-20-16-19-48(53(52)60-55(61)49-34-46(57(7,8)9)35-50(54(49)62)58(10,11)12)43-28-44(30-45(29-43)56(4,5)6)51-33-40(25-26-59-51)39-23-21-37(3)22-24-39/h13-36,62H,1-12H3/i3D3,21D,22D,23D,24D,25D,26D,33D,36D. The fraction of sp³-hybridized carbons (Fsp3) is 0.276. The quantitative estimate of drug-likeness (QED) is 0.174. The average Bonchev–Trinajstić information content (AvgIpc) is 3.68. The van der Waals surface area contributed by atoms with Crippen molar-refractivity contribution in [2.75, 3.05) is 0 Å². The third-order valence-electron chi connectivity index (χ3n) is 11.4. The summed E-state index contributed by atoms with van der Waals surface area (Å²) in [6.45, 7) is 19.5. The van der Waals surface area contributed by atoms with Crippen LogP contribution in [0.15, 0.2) is 139 Å². The Balaban J connectivity index is 1.48. The summed E-state index contributed by atoms with van der Waals surface area (Å²) in [5.74, 6) is -0.435. The molecule has 0 amide bonds. The number of benzene rings is 6. The first-order valence-corrected chi connectivity index (χ1v) is 21.1. The van der Waals surface area contributed by atoms with Gasteiger partial charge < -0.3 is 5.11 Å². The maximum atomic E-state index is 12.5. The Labute approximate surface area is 384 Å². The van der Waals surface area contributed by atoms with Gasteiger partial charge in [-0.2, -0.15) is 0 Å². The lowest BCUT2D eigenvalue weighted by Crippen LogP contribution is -2.17. The number of para-hydroxylation sites is 1. The minimum atomic E-state index is -2.97. The number of pyridine rings is 1. The molecule has 314 valence electrons. The minimum absolute atomic E-state index is 0.0552. The van der Waals surface area contributed by atoms with Crippen LogP contribution in [0, 0.1) is 6.85 Å². The van der Waals surface area contributed by atoms with Crippen molar-refractivity contribution in [2.24, 2.45) is 0 Å². The van der Waals surface area contributed by atoms with E-state index in [4.69, 9.17) is 17.3 Å². The Bertz CT molecular complexity index is 3490. The zero-order chi connectivity index (χ0) is 53.8. The van der Waals surface area contributed by atoms with Crippen LogP contribution in [-0.4, -0.2) is 19.6 Å². The van der Waals surface area contributed by atoms with Gasteiger partial charge in [0.2, 0.25) is 0 Å². The van der Waals surface area contributed by atoms with Crippen LogP contribution in [0.4, 0.5) is 0 Å². The van der Waals surface area contributed by atoms with Crippen molar-refractivity contribution in [1.82, 2.24) is 14.5 Å². The van der Waals surface area contributed by atoms with Gasteiger partial charge in [-0.3, -0.25) is 9.55 Å². The van der Waals surface area contributed by atoms with Gasteiger partial charge in [0.25, 0.3) is 0 Å². The van der Waals surface area contributed by atoms with E-state index in [2.05, 4.69) is 58.7 Å². The SMILES string of the molecule is [2H]c1nc(-c2cc(-c3cccc4c3nc(-c3cc(C(C)(C)C)cc(C(C)(C)C)c3O)n4-c3cc(-c4ccccc4)cc(C([2H])(C)C)c3)cc(C(C)(C)C)c2)c([2H])c(-c2c([2H])c([2H])c(C([2H])([2H])[2H])c([2H])c2[2H])c1[2H]. The van der Waals surface area contributed by atoms with Crippen LogP contribution in [0.2, 0.25) is 0 Å². The van der Waals surface area contributed by atoms with Gasteiger partial charge in [-0.05, 0) is 122 Å². The highest BCUT2D eigenvalue weighted by molar-refractivity contribution is 5.97. The summed E-state index contributed by atoms with van der Waals surface area (Å²) in [6, 6.07) is 27.6. The maximum Gasteiger partial charge on any atom is 0.149 e. The molecule has 4 heteroatoms. The van der Waals surface area contributed by atoms with Crippen molar-refractivity contribution in [3.05, 3.63) is 167 Å². The highest BCUT2D eigenvalue weighted by Gasteiger charge is 2.29. The number of rotatable bonds is 7. The van der Waals surface area contributed by atoms with E-state index < -0.39 is 77.1 Å². The Morgan fingerprint density at radius 2 is 1.32 bits per heavy atom. The molecule has 0 saturated carbocycles. The molecular formula is C58H61N3O. The number of aromatic hydroxyl groups is 1. The topological polar surface area (TPSA) is 50.9 Å². The van der Waals surface area contributed by atoms with E-state index in [1.54, 1.807) is 0 Å². The predicted molar refractivity (Wildman–Crippen MR) is 263 cm³/mol. The molecule has 0 atom stereocenters. The number of hydrogen-bond donors (Lipinski definition) is 1. The summed E-state index contributed by atoms with van der Waals surface area (Å²) in [5.41, 5.74) is 6.50. The molecule has 0 aliphatic heterocycles. The Morgan fingerprint density at radius 1 is 0.629 bits per heavy atom. The van der Waals surface area contributed by atoms with E-state index in [9.17, 15) is 7.85 Å². The minimum Gasteiger partial charge on any atom is -0.507 e. The third-order valence-corrected chi connectivity index (χ3v) is 11.4. The van der Waals surface area contributed by atoms with Crippen molar-refractivity contribution in [3.8, 4) is 67.5 Å². The zero-order valence-electron chi connectivity index (χ0n) is 48.5. The van der Waals surface area contributed by atoms with Crippen molar-refractivity contribution >= 4 is 11.0 Å². The maximum absolute atomic E-state index is 12.5. The van der Waals surface area contributed by atoms with Gasteiger partial charge in [-0.25, -0.2) is 4.98 Å². The normalized spacial score (nSPS) is 15.3. The number of nitrogens with zero attached hydrogens (tertiary/aromatic N) is 3. The number of aromatic nitrogens is 3. The van der Waals surface area contributed by atoms with Crippen LogP contribution in [0.3, 0.4) is 0 Å². The van der Waals surface area contributed by atoms with Gasteiger partial charge in [0.05, 0.1) is 31.9 Å². The van der Waals surface area contributed by atoms with Crippen LogP contribution in [0.5, 0.6) is 5.75 Å². The van der Waals surface area contributed by atoms with E-state index in [1.807, 2.05) is 124 Å². The van der Waals surface area contributed by atoms with Gasteiger partial charge in [-0.15, -0.1) is 0 Å². The van der Waals surface area contributed by atoms with Crippen LogP contribution in [0.25, 0.3) is 72.7 Å². The third kappa shape index (κ3) is 8.36. The van der Waals surface area contributed by atoms with E-state index >= 15 is 0 Å². The lowest BCUT2D eigenvalue weighted by Gasteiger charge is -2.27. The van der Waals surface area contributed by atoms with Gasteiger partial charge in [0, 0.05) is 34.0 Å². The summed E-state index contributed by atoms with van der Waals surface area (Å²) in [5, 5.41) is 12.5. The molecule has 0 saturated heterocycles. The smallest absolute Gasteiger partial charge is 0.149 e. The zero-order valence-corrected chi connectivity index (χ0v) is 37.5. The number of fused-ring (bicyclic) bond motifs is 1. The number of phenols is 1. The molecule has 8 rings (SSSR count). The molecule has 0 radical (unpaired) electrons. The van der Waals surface area contributed by atoms with Crippen LogP contribution in [-0.2, 0) is 16.2 Å². The Kier molecular flexibility index (Phi) is 7.87. The van der Waals surface area contributed by atoms with E-state index in [0.29, 0.717) is 39.1 Å². The Hall–Kier alpha value is -6.26. The summed E-state index contributed by atoms with van der Waals surface area (Å²) in [6.07, 6.45) is -0.578. The van der Waals surface area contributed by atoms with Crippen molar-refractivity contribution < 1.29 is 20.2 Å². The lowest BCUT2D eigenvalue weighted by atomic mass is 9.79. The second kappa shape index (κ2) is 15.9. The second-order valence-corrected chi connectivity index (χ2v) is 19.5. The monoisotopic (exact) mass is 827 g/mol. The Morgan fingerprint density at radius 3 is 1.98 bits per heavy atom. The molecule has 1 N–H and O–H groups in total. The van der Waals surface area contributed by atoms with Gasteiger partial charge in [-0.1, -0.05) is 167 Å². The highest BCUT2D eigenvalue weighted by Crippen LogP contribution is 2.45. The molecule has 0 aliphatic rings. The number of hydrogen-bond acceptors (Lipinski definition) is 3. The molecule has 8 aromatic rings. The van der Waals surface area contributed by atoms with Crippen LogP contribution >= 0.6 is 0 Å². The van der Waals surface area contributed by atoms with Crippen LogP contribution in [0.1, 0.15) is 125 Å². The van der Waals surface area contributed by atoms with Gasteiger partial charge >= 0.3 is 0 Å². The molecule has 4 nitrogen and oxygen atoms in total. The molecule has 0 spiro atoms. The molecule has 6 aromatic carbocycles. The van der Waals surface area contributed by atoms with Crippen LogP contribution < -0.4 is 0 Å². The summed E-state index contributed by atoms with van der Waals surface area (Å²) < 4.78 is 97.5. The molecule has 0 unspecified atom stereocenters. The molecule has 0 bridgehead atoms. The molecule has 2 heterocycles. The van der Waals surface area contributed by atoms with Crippen molar-refractivity contribution in [1.29, 1.82) is 0 Å². The molecular weight excluding hydrogens is 755 g/mol. The summed E-state index contributed by atoms with van der Waals surface area (Å²) in [4.78, 5) is 9.98. The first-order valence-electron chi connectivity index (χ1n) is 26.6. The van der Waals surface area contributed by atoms with Crippen molar-refractivity contribution in [2.45, 2.75) is 105 Å². The second-order valence-electron chi connectivity index (χ2n) is 19.5. The van der Waals surface area contributed by atoms with Gasteiger partial charge in [0.1, 0.15) is 11.6 Å². The molecule has 0 fully saturated rings. The first-order chi connectivity index (χ1) is 33.7. The average molecular weight is 827 g/mol. The predicted octanol–water partition coefficient (Wildman–Crippen LogP) is 15.8. The summed E-state index contributed by atoms with van der Waals surface area (Å²) >= 11 is 0. The number of phenolic OH excluding ortho intramolecular Hbond substituents is 1. The van der Waals surface area contributed by atoms with E-state index in [1.165, 1.54) is 0 Å². The first kappa shape index (κ1) is 30.7.